The number of carbonyl (C=O) groups excluding carboxylic acids is 4. The lowest BCUT2D eigenvalue weighted by Gasteiger charge is -2.46. The molecular weight excluding hydrogens is 820 g/mol. The quantitative estimate of drug-likeness (QED) is 0.0352. The van der Waals surface area contributed by atoms with Crippen LogP contribution in [0.4, 0.5) is 0 Å². The number of hydrogen-bond acceptors (Lipinski definition) is 16. The first-order valence-corrected chi connectivity index (χ1v) is 20.0. The molecule has 4 amide bonds. The Morgan fingerprint density at radius 3 is 1.78 bits per heavy atom. The third-order valence-corrected chi connectivity index (χ3v) is 8.75. The Labute approximate surface area is 353 Å². The Balaban J connectivity index is 1.59. The van der Waals surface area contributed by atoms with Gasteiger partial charge >= 0.3 is 5.97 Å². The molecule has 0 unspecified atom stereocenters. The highest BCUT2D eigenvalue weighted by atomic mass is 35.5. The number of carboxylic acids is 1. The summed E-state index contributed by atoms with van der Waals surface area (Å²) in [6.07, 6.45) is -7.39. The Kier molecular flexibility index (Phi) is 26.7. The summed E-state index contributed by atoms with van der Waals surface area (Å²) in [5.41, 5.74) is 0.645. The standard InChI is InChI=1S/C38H61ClN4O17/c1-26(44)40-8-11-54-14-17-57-20-19-56-16-13-53-10-7-32(48)41-9-12-55-15-18-58-21-22-59-38(37(51)52)24-30(46)34(43-27(2)45)36(60-38)35(50)31(47)25-42-33(49)23-28-3-5-29(39)6-4-28/h3-6,30-31,34-36,46-47,50H,7-25H2,1-2H3,(H,40,44)(H,41,48)(H,42,49)(H,43,45)(H,51,52)/t30-,31+,34+,35+,36+,38+/m0/s1. The highest BCUT2D eigenvalue weighted by molar-refractivity contribution is 6.30. The van der Waals surface area contributed by atoms with E-state index in [1.165, 1.54) is 6.92 Å². The topological polar surface area (TPSA) is 288 Å². The van der Waals surface area contributed by atoms with Crippen LogP contribution in [-0.2, 0) is 68.3 Å². The van der Waals surface area contributed by atoms with Gasteiger partial charge in [0.1, 0.15) is 12.2 Å². The summed E-state index contributed by atoms with van der Waals surface area (Å²) in [6, 6.07) is 5.19. The van der Waals surface area contributed by atoms with Crippen LogP contribution in [-0.4, -0.2) is 192 Å². The molecular formula is C38H61ClN4O17. The van der Waals surface area contributed by atoms with E-state index in [2.05, 4.69) is 21.3 Å². The van der Waals surface area contributed by atoms with Gasteiger partial charge in [-0.2, -0.15) is 0 Å². The van der Waals surface area contributed by atoms with Crippen LogP contribution in [0.3, 0.4) is 0 Å². The molecule has 1 aromatic carbocycles. The van der Waals surface area contributed by atoms with Gasteiger partial charge in [-0.05, 0) is 17.7 Å². The van der Waals surface area contributed by atoms with Crippen molar-refractivity contribution in [1.82, 2.24) is 21.3 Å². The molecule has 0 aliphatic carbocycles. The second-order valence-corrected chi connectivity index (χ2v) is 13.8. The molecule has 0 spiro atoms. The van der Waals surface area contributed by atoms with Crippen LogP contribution >= 0.6 is 11.6 Å². The van der Waals surface area contributed by atoms with Crippen molar-refractivity contribution in [2.45, 2.75) is 69.4 Å². The smallest absolute Gasteiger partial charge is 0.364 e. The summed E-state index contributed by atoms with van der Waals surface area (Å²) in [5.74, 6) is -5.55. The van der Waals surface area contributed by atoms with E-state index in [4.69, 9.17) is 49.5 Å². The first-order valence-electron chi connectivity index (χ1n) is 19.6. The van der Waals surface area contributed by atoms with Gasteiger partial charge in [-0.1, -0.05) is 23.7 Å². The number of halogens is 1. The van der Waals surface area contributed by atoms with Crippen LogP contribution in [0.5, 0.6) is 0 Å². The third kappa shape index (κ3) is 22.3. The zero-order valence-electron chi connectivity index (χ0n) is 34.1. The molecule has 21 nitrogen and oxygen atoms in total. The molecule has 8 N–H and O–H groups in total. The minimum absolute atomic E-state index is 0.0486. The van der Waals surface area contributed by atoms with Crippen LogP contribution in [0.1, 0.15) is 32.3 Å². The first kappa shape index (κ1) is 52.6. The van der Waals surface area contributed by atoms with Crippen LogP contribution in [0.25, 0.3) is 0 Å². The lowest BCUT2D eigenvalue weighted by molar-refractivity contribution is -0.312. The van der Waals surface area contributed by atoms with E-state index in [1.54, 1.807) is 24.3 Å². The zero-order chi connectivity index (χ0) is 44.2. The maximum atomic E-state index is 12.4. The van der Waals surface area contributed by atoms with Crippen molar-refractivity contribution >= 4 is 41.2 Å². The minimum atomic E-state index is -2.49. The SMILES string of the molecule is CC(=O)NCCOCCOCCOCCOCCC(=O)NCCOCCOCCO[C@]1(C(=O)O)C[C@H](O)[C@@H](NC(C)=O)[C@H]([C@H](O)[C@H](O)CNC(=O)Cc2ccc(Cl)cc2)O1. The summed E-state index contributed by atoms with van der Waals surface area (Å²) in [6.45, 7) is 5.78. The molecule has 0 saturated carbocycles. The molecule has 0 bridgehead atoms. The van der Waals surface area contributed by atoms with Crippen molar-refractivity contribution in [3.63, 3.8) is 0 Å². The van der Waals surface area contributed by atoms with E-state index < -0.39 is 67.0 Å². The largest absolute Gasteiger partial charge is 0.477 e. The van der Waals surface area contributed by atoms with Crippen LogP contribution in [0, 0.1) is 0 Å². The highest BCUT2D eigenvalue weighted by Crippen LogP contribution is 2.33. The molecule has 0 radical (unpaired) electrons. The fourth-order valence-electron chi connectivity index (χ4n) is 5.52. The number of amides is 4. The van der Waals surface area contributed by atoms with Gasteiger partial charge < -0.3 is 79.6 Å². The summed E-state index contributed by atoms with van der Waals surface area (Å²) in [7, 11) is 0. The molecule has 1 heterocycles. The number of ether oxygens (including phenoxy) is 8. The normalized spacial score (nSPS) is 19.9. The summed E-state index contributed by atoms with van der Waals surface area (Å²) < 4.78 is 43.6. The van der Waals surface area contributed by atoms with E-state index in [-0.39, 0.29) is 70.8 Å². The number of carboxylic acid groups (broad SMARTS) is 1. The second kappa shape index (κ2) is 30.4. The monoisotopic (exact) mass is 880 g/mol. The Hall–Kier alpha value is -3.58. The Morgan fingerprint density at radius 1 is 0.733 bits per heavy atom. The fourth-order valence-corrected chi connectivity index (χ4v) is 5.65. The number of aliphatic carboxylic acids is 1. The van der Waals surface area contributed by atoms with Crippen molar-refractivity contribution in [3.05, 3.63) is 34.9 Å². The van der Waals surface area contributed by atoms with Gasteiger partial charge in [0, 0.05) is 51.3 Å². The second-order valence-electron chi connectivity index (χ2n) is 13.4. The van der Waals surface area contributed by atoms with Gasteiger partial charge in [-0.25, -0.2) is 4.79 Å². The molecule has 1 aromatic rings. The van der Waals surface area contributed by atoms with E-state index in [1.807, 2.05) is 0 Å². The maximum Gasteiger partial charge on any atom is 0.364 e. The fraction of sp³-hybridized carbons (Fsp3) is 0.711. The summed E-state index contributed by atoms with van der Waals surface area (Å²) in [4.78, 5) is 59.5. The van der Waals surface area contributed by atoms with Crippen molar-refractivity contribution in [2.24, 2.45) is 0 Å². The molecule has 1 aliphatic rings. The molecule has 1 saturated heterocycles. The van der Waals surface area contributed by atoms with E-state index in [9.17, 15) is 44.4 Å². The molecule has 22 heteroatoms. The molecule has 1 aliphatic heterocycles. The van der Waals surface area contributed by atoms with Gasteiger partial charge in [0.05, 0.1) is 111 Å². The number of nitrogens with one attached hydrogen (secondary N) is 4. The number of aliphatic hydroxyl groups excluding tert-OH is 3. The molecule has 60 heavy (non-hydrogen) atoms. The minimum Gasteiger partial charge on any atom is -0.477 e. The van der Waals surface area contributed by atoms with Crippen LogP contribution in [0.15, 0.2) is 24.3 Å². The molecule has 342 valence electrons. The average Bonchev–Trinajstić information content (AvgIpc) is 3.20. The van der Waals surface area contributed by atoms with Crippen LogP contribution in [0.2, 0.25) is 5.02 Å². The van der Waals surface area contributed by atoms with Crippen LogP contribution < -0.4 is 21.3 Å². The maximum absolute atomic E-state index is 12.4. The zero-order valence-corrected chi connectivity index (χ0v) is 34.9. The number of hydrogen-bond donors (Lipinski definition) is 8. The molecule has 0 aromatic heterocycles. The highest BCUT2D eigenvalue weighted by Gasteiger charge is 2.55. The van der Waals surface area contributed by atoms with E-state index >= 15 is 0 Å². The molecule has 1 fully saturated rings. The van der Waals surface area contributed by atoms with E-state index in [0.29, 0.717) is 63.4 Å². The van der Waals surface area contributed by atoms with Crippen molar-refractivity contribution in [1.29, 1.82) is 0 Å². The third-order valence-electron chi connectivity index (χ3n) is 8.50. The number of rotatable bonds is 33. The van der Waals surface area contributed by atoms with Gasteiger partial charge in [-0.3, -0.25) is 19.2 Å². The Bertz CT molecular complexity index is 1410. The average molecular weight is 881 g/mol. The van der Waals surface area contributed by atoms with Crippen molar-refractivity contribution in [3.8, 4) is 0 Å². The summed E-state index contributed by atoms with van der Waals surface area (Å²) >= 11 is 5.87. The van der Waals surface area contributed by atoms with Crippen molar-refractivity contribution < 1.29 is 82.3 Å². The van der Waals surface area contributed by atoms with Gasteiger partial charge in [0.2, 0.25) is 23.6 Å². The lowest BCUT2D eigenvalue weighted by Crippen LogP contribution is -2.68. The molecule has 6 atom stereocenters. The number of carbonyl (C=O) groups is 5. The predicted molar refractivity (Wildman–Crippen MR) is 211 cm³/mol. The number of aliphatic hydroxyl groups is 3. The van der Waals surface area contributed by atoms with Gasteiger partial charge in [0.25, 0.3) is 5.79 Å². The van der Waals surface area contributed by atoms with Gasteiger partial charge in [-0.15, -0.1) is 0 Å². The van der Waals surface area contributed by atoms with Gasteiger partial charge in [0.15, 0.2) is 0 Å². The predicted octanol–water partition coefficient (Wildman–Crippen LogP) is -2.09. The lowest BCUT2D eigenvalue weighted by atomic mass is 9.88. The first-order chi connectivity index (χ1) is 28.7. The molecule has 2 rings (SSSR count). The van der Waals surface area contributed by atoms with Crippen molar-refractivity contribution in [2.75, 3.05) is 106 Å². The summed E-state index contributed by atoms with van der Waals surface area (Å²) in [5, 5.41) is 53.5. The van der Waals surface area contributed by atoms with E-state index in [0.717, 1.165) is 6.92 Å². The number of benzene rings is 1. The Morgan fingerprint density at radius 2 is 1.25 bits per heavy atom.